The standard InChI is InChI=1S/C23H22FN5O2S/c1-3-29-21(12-22(31)25-16-10-8-15(24)9-11-16)26-27-23(29)32-14-20(30)18-13-28(2)19-7-5-4-6-17(18)19/h4-11,13H,3,12,14H2,1-2H3,(H,25,31). The van der Waals surface area contributed by atoms with Gasteiger partial charge in [0.15, 0.2) is 10.9 Å². The molecule has 0 fully saturated rings. The van der Waals surface area contributed by atoms with Crippen LogP contribution in [0, 0.1) is 5.82 Å². The normalized spacial score (nSPS) is 11.1. The zero-order chi connectivity index (χ0) is 22.7. The van der Waals surface area contributed by atoms with Gasteiger partial charge in [-0.3, -0.25) is 9.59 Å². The van der Waals surface area contributed by atoms with Crippen LogP contribution >= 0.6 is 11.8 Å². The molecular weight excluding hydrogens is 429 g/mol. The lowest BCUT2D eigenvalue weighted by Gasteiger charge is -2.08. The minimum absolute atomic E-state index is 0.00746. The molecular formula is C23H22FN5O2S. The van der Waals surface area contributed by atoms with Crippen molar-refractivity contribution in [3.63, 3.8) is 0 Å². The van der Waals surface area contributed by atoms with E-state index in [0.29, 0.717) is 28.8 Å². The molecule has 0 bridgehead atoms. The number of para-hydroxylation sites is 1. The molecule has 0 radical (unpaired) electrons. The second-order valence-electron chi connectivity index (χ2n) is 7.26. The minimum atomic E-state index is -0.367. The number of aryl methyl sites for hydroxylation is 1. The molecule has 4 rings (SSSR count). The number of Topliss-reactive ketones (excluding diaryl/α,β-unsaturated/α-hetero) is 1. The molecule has 0 aliphatic rings. The fraction of sp³-hybridized carbons (Fsp3) is 0.217. The summed E-state index contributed by atoms with van der Waals surface area (Å²) in [7, 11) is 1.92. The molecule has 0 unspecified atom stereocenters. The van der Waals surface area contributed by atoms with E-state index in [1.807, 2.05) is 53.6 Å². The highest BCUT2D eigenvalue weighted by Crippen LogP contribution is 2.24. The number of aromatic nitrogens is 4. The second kappa shape index (κ2) is 9.35. The molecule has 0 aliphatic carbocycles. The highest BCUT2D eigenvalue weighted by Gasteiger charge is 2.18. The number of carbonyl (C=O) groups is 2. The second-order valence-corrected chi connectivity index (χ2v) is 8.20. The summed E-state index contributed by atoms with van der Waals surface area (Å²) in [6.45, 7) is 2.50. The van der Waals surface area contributed by atoms with E-state index in [2.05, 4.69) is 15.5 Å². The molecule has 32 heavy (non-hydrogen) atoms. The average Bonchev–Trinajstić information content (AvgIpc) is 3.34. The van der Waals surface area contributed by atoms with E-state index in [9.17, 15) is 14.0 Å². The molecule has 1 N–H and O–H groups in total. The highest BCUT2D eigenvalue weighted by molar-refractivity contribution is 7.99. The maximum atomic E-state index is 13.0. The van der Waals surface area contributed by atoms with Crippen LogP contribution in [0.2, 0.25) is 0 Å². The van der Waals surface area contributed by atoms with Crippen molar-refractivity contribution in [2.75, 3.05) is 11.1 Å². The van der Waals surface area contributed by atoms with E-state index in [-0.39, 0.29) is 29.7 Å². The molecule has 0 saturated carbocycles. The molecule has 4 aromatic rings. The van der Waals surface area contributed by atoms with Crippen molar-refractivity contribution in [1.82, 2.24) is 19.3 Å². The van der Waals surface area contributed by atoms with Gasteiger partial charge in [0.2, 0.25) is 5.91 Å². The summed E-state index contributed by atoms with van der Waals surface area (Å²) in [5.74, 6) is 0.0873. The summed E-state index contributed by atoms with van der Waals surface area (Å²) in [5.41, 5.74) is 2.19. The van der Waals surface area contributed by atoms with E-state index in [0.717, 1.165) is 10.9 Å². The molecule has 0 spiro atoms. The third-order valence-electron chi connectivity index (χ3n) is 5.09. The van der Waals surface area contributed by atoms with Crippen LogP contribution in [-0.2, 0) is 24.8 Å². The van der Waals surface area contributed by atoms with Gasteiger partial charge in [-0.15, -0.1) is 10.2 Å². The van der Waals surface area contributed by atoms with Gasteiger partial charge in [0, 0.05) is 41.9 Å². The third kappa shape index (κ3) is 4.57. The van der Waals surface area contributed by atoms with Gasteiger partial charge in [-0.2, -0.15) is 0 Å². The molecule has 2 heterocycles. The number of rotatable bonds is 8. The average molecular weight is 452 g/mol. The molecule has 164 valence electrons. The van der Waals surface area contributed by atoms with Gasteiger partial charge in [-0.25, -0.2) is 4.39 Å². The van der Waals surface area contributed by atoms with Gasteiger partial charge < -0.3 is 14.5 Å². The van der Waals surface area contributed by atoms with Gasteiger partial charge in [-0.1, -0.05) is 30.0 Å². The third-order valence-corrected chi connectivity index (χ3v) is 6.05. The Balaban J connectivity index is 1.43. The molecule has 2 aromatic carbocycles. The molecule has 1 amide bonds. The fourth-order valence-electron chi connectivity index (χ4n) is 3.53. The summed E-state index contributed by atoms with van der Waals surface area (Å²) in [6, 6.07) is 13.4. The van der Waals surface area contributed by atoms with Crippen LogP contribution in [0.3, 0.4) is 0 Å². The number of thioether (sulfide) groups is 1. The predicted octanol–water partition coefficient (Wildman–Crippen LogP) is 4.09. The van der Waals surface area contributed by atoms with Crippen LogP contribution in [0.25, 0.3) is 10.9 Å². The smallest absolute Gasteiger partial charge is 0.232 e. The van der Waals surface area contributed by atoms with Gasteiger partial charge in [0.25, 0.3) is 0 Å². The largest absolute Gasteiger partial charge is 0.350 e. The van der Waals surface area contributed by atoms with Gasteiger partial charge >= 0.3 is 0 Å². The van der Waals surface area contributed by atoms with Crippen molar-refractivity contribution in [2.45, 2.75) is 25.0 Å². The number of anilines is 1. The van der Waals surface area contributed by atoms with E-state index in [1.165, 1.54) is 36.0 Å². The Morgan fingerprint density at radius 3 is 2.59 bits per heavy atom. The van der Waals surface area contributed by atoms with Crippen molar-refractivity contribution in [3.05, 3.63) is 71.9 Å². The quantitative estimate of drug-likeness (QED) is 0.322. The highest BCUT2D eigenvalue weighted by atomic mass is 32.2. The van der Waals surface area contributed by atoms with E-state index >= 15 is 0 Å². The fourth-order valence-corrected chi connectivity index (χ4v) is 4.43. The Hall–Kier alpha value is -3.46. The summed E-state index contributed by atoms with van der Waals surface area (Å²) in [6.07, 6.45) is 1.87. The van der Waals surface area contributed by atoms with Gasteiger partial charge in [0.05, 0.1) is 12.2 Å². The Labute approximate surface area is 188 Å². The summed E-state index contributed by atoms with van der Waals surface area (Å²) in [4.78, 5) is 25.2. The monoisotopic (exact) mass is 451 g/mol. The van der Waals surface area contributed by atoms with E-state index in [1.54, 1.807) is 0 Å². The van der Waals surface area contributed by atoms with Crippen molar-refractivity contribution >= 4 is 40.0 Å². The van der Waals surface area contributed by atoms with Crippen LogP contribution < -0.4 is 5.32 Å². The lowest BCUT2D eigenvalue weighted by atomic mass is 10.1. The molecule has 9 heteroatoms. The number of benzene rings is 2. The predicted molar refractivity (Wildman–Crippen MR) is 122 cm³/mol. The van der Waals surface area contributed by atoms with Crippen LogP contribution in [0.5, 0.6) is 0 Å². The number of hydrogen-bond acceptors (Lipinski definition) is 5. The number of fused-ring (bicyclic) bond motifs is 1. The van der Waals surface area contributed by atoms with Crippen LogP contribution in [-0.4, -0.2) is 36.8 Å². The van der Waals surface area contributed by atoms with Crippen molar-refractivity contribution in [3.8, 4) is 0 Å². The number of ketones is 1. The number of nitrogens with zero attached hydrogens (tertiary/aromatic N) is 4. The zero-order valence-electron chi connectivity index (χ0n) is 17.7. The first kappa shape index (κ1) is 21.8. The maximum absolute atomic E-state index is 13.0. The molecule has 0 atom stereocenters. The van der Waals surface area contributed by atoms with Crippen LogP contribution in [0.4, 0.5) is 10.1 Å². The minimum Gasteiger partial charge on any atom is -0.350 e. The maximum Gasteiger partial charge on any atom is 0.232 e. The molecule has 0 aliphatic heterocycles. The SMILES string of the molecule is CCn1c(CC(=O)Nc2ccc(F)cc2)nnc1SCC(=O)c1cn(C)c2ccccc12. The van der Waals surface area contributed by atoms with E-state index in [4.69, 9.17) is 0 Å². The molecule has 7 nitrogen and oxygen atoms in total. The Morgan fingerprint density at radius 1 is 1.09 bits per heavy atom. The Bertz CT molecular complexity index is 1280. The first-order chi connectivity index (χ1) is 15.5. The van der Waals surface area contributed by atoms with Crippen LogP contribution in [0.15, 0.2) is 59.9 Å². The molecule has 0 saturated heterocycles. The number of carbonyl (C=O) groups excluding carboxylic acids is 2. The Kier molecular flexibility index (Phi) is 6.36. The summed E-state index contributed by atoms with van der Waals surface area (Å²) >= 11 is 1.30. The number of halogens is 1. The van der Waals surface area contributed by atoms with E-state index < -0.39 is 0 Å². The number of hydrogen-bond donors (Lipinski definition) is 1. The lowest BCUT2D eigenvalue weighted by molar-refractivity contribution is -0.115. The summed E-state index contributed by atoms with van der Waals surface area (Å²) < 4.78 is 16.8. The van der Waals surface area contributed by atoms with Crippen molar-refractivity contribution < 1.29 is 14.0 Å². The number of nitrogens with one attached hydrogen (secondary N) is 1. The van der Waals surface area contributed by atoms with Gasteiger partial charge in [-0.05, 0) is 37.3 Å². The Morgan fingerprint density at radius 2 is 1.84 bits per heavy atom. The first-order valence-corrected chi connectivity index (χ1v) is 11.1. The van der Waals surface area contributed by atoms with Crippen molar-refractivity contribution in [1.29, 1.82) is 0 Å². The van der Waals surface area contributed by atoms with Crippen molar-refractivity contribution in [2.24, 2.45) is 7.05 Å². The van der Waals surface area contributed by atoms with Gasteiger partial charge in [0.1, 0.15) is 11.6 Å². The summed E-state index contributed by atoms with van der Waals surface area (Å²) in [5, 5.41) is 12.6. The van der Waals surface area contributed by atoms with Crippen LogP contribution in [0.1, 0.15) is 23.1 Å². The number of amides is 1. The molecule has 2 aromatic heterocycles. The lowest BCUT2D eigenvalue weighted by Crippen LogP contribution is -2.17. The first-order valence-electron chi connectivity index (χ1n) is 10.1. The topological polar surface area (TPSA) is 81.8 Å². The zero-order valence-corrected chi connectivity index (χ0v) is 18.5.